The maximum atomic E-state index is 5.33. The number of hydrogen-bond donors (Lipinski definition) is 1. The van der Waals surface area contributed by atoms with Gasteiger partial charge in [0, 0.05) is 33.4 Å². The van der Waals surface area contributed by atoms with Crippen molar-refractivity contribution in [3.05, 3.63) is 11.9 Å². The van der Waals surface area contributed by atoms with Crippen LogP contribution in [0.5, 0.6) is 0 Å². The molecule has 0 amide bonds. The minimum atomic E-state index is 0.448. The second-order valence-corrected chi connectivity index (χ2v) is 4.20. The second-order valence-electron chi connectivity index (χ2n) is 4.20. The van der Waals surface area contributed by atoms with Crippen LogP contribution in [-0.4, -0.2) is 48.5 Å². The summed E-state index contributed by atoms with van der Waals surface area (Å²) in [4.78, 5) is 0. The Morgan fingerprint density at radius 2 is 2.35 bits per heavy atom. The highest BCUT2D eigenvalue weighted by molar-refractivity contribution is 4.93. The standard InChI is InChI=1S/C11H20N4O2/c1-16-7-4-12-8-10-9-15(14-13-10)11-2-5-17-6-3-11/h9,11-12H,2-8H2,1H3. The highest BCUT2D eigenvalue weighted by Crippen LogP contribution is 2.19. The SMILES string of the molecule is COCCNCc1cn(C2CCOCC2)nn1. The monoisotopic (exact) mass is 240 g/mol. The molecule has 96 valence electrons. The molecule has 0 bridgehead atoms. The molecule has 0 saturated carbocycles. The molecule has 6 nitrogen and oxygen atoms in total. The lowest BCUT2D eigenvalue weighted by molar-refractivity contribution is 0.0657. The smallest absolute Gasteiger partial charge is 0.0964 e. The Kier molecular flexibility index (Phi) is 4.90. The zero-order valence-corrected chi connectivity index (χ0v) is 10.3. The Balaban J connectivity index is 1.78. The van der Waals surface area contributed by atoms with Crippen molar-refractivity contribution in [1.82, 2.24) is 20.3 Å². The summed E-state index contributed by atoms with van der Waals surface area (Å²) in [6, 6.07) is 0.448. The lowest BCUT2D eigenvalue weighted by Gasteiger charge is -2.21. The van der Waals surface area contributed by atoms with Crippen molar-refractivity contribution < 1.29 is 9.47 Å². The summed E-state index contributed by atoms with van der Waals surface area (Å²) in [6.45, 7) is 3.94. The molecule has 1 aromatic rings. The number of nitrogens with one attached hydrogen (secondary N) is 1. The van der Waals surface area contributed by atoms with E-state index in [1.54, 1.807) is 7.11 Å². The van der Waals surface area contributed by atoms with E-state index in [4.69, 9.17) is 9.47 Å². The van der Waals surface area contributed by atoms with Crippen LogP contribution in [0.15, 0.2) is 6.20 Å². The summed E-state index contributed by atoms with van der Waals surface area (Å²) in [6.07, 6.45) is 4.08. The molecule has 2 heterocycles. The zero-order chi connectivity index (χ0) is 11.9. The Bertz CT molecular complexity index is 323. The van der Waals surface area contributed by atoms with Gasteiger partial charge < -0.3 is 14.8 Å². The van der Waals surface area contributed by atoms with Gasteiger partial charge in [0.15, 0.2) is 0 Å². The van der Waals surface area contributed by atoms with E-state index in [0.29, 0.717) is 12.6 Å². The van der Waals surface area contributed by atoms with Gasteiger partial charge in [-0.1, -0.05) is 5.21 Å². The lowest BCUT2D eigenvalue weighted by atomic mass is 10.1. The van der Waals surface area contributed by atoms with Gasteiger partial charge in [-0.15, -0.1) is 5.10 Å². The van der Waals surface area contributed by atoms with Crippen molar-refractivity contribution >= 4 is 0 Å². The molecule has 0 spiro atoms. The van der Waals surface area contributed by atoms with Gasteiger partial charge in [-0.3, -0.25) is 0 Å². The van der Waals surface area contributed by atoms with Gasteiger partial charge in [-0.05, 0) is 12.8 Å². The maximum absolute atomic E-state index is 5.33. The maximum Gasteiger partial charge on any atom is 0.0964 e. The molecule has 2 rings (SSSR count). The minimum absolute atomic E-state index is 0.448. The first-order valence-corrected chi connectivity index (χ1v) is 6.08. The van der Waals surface area contributed by atoms with Crippen molar-refractivity contribution in [2.75, 3.05) is 33.5 Å². The van der Waals surface area contributed by atoms with Gasteiger partial charge in [0.2, 0.25) is 0 Å². The Morgan fingerprint density at radius 1 is 1.53 bits per heavy atom. The first-order valence-electron chi connectivity index (χ1n) is 6.08. The summed E-state index contributed by atoms with van der Waals surface area (Å²) < 4.78 is 12.3. The van der Waals surface area contributed by atoms with E-state index in [0.717, 1.165) is 44.8 Å². The number of hydrogen-bond acceptors (Lipinski definition) is 5. The Hall–Kier alpha value is -0.980. The molecule has 17 heavy (non-hydrogen) atoms. The topological polar surface area (TPSA) is 61.2 Å². The van der Waals surface area contributed by atoms with Crippen LogP contribution in [0.3, 0.4) is 0 Å². The molecule has 0 radical (unpaired) electrons. The Labute approximate surface area is 101 Å². The van der Waals surface area contributed by atoms with E-state index < -0.39 is 0 Å². The summed E-state index contributed by atoms with van der Waals surface area (Å²) in [7, 11) is 1.70. The molecular formula is C11H20N4O2. The summed E-state index contributed by atoms with van der Waals surface area (Å²) in [5, 5.41) is 11.6. The van der Waals surface area contributed by atoms with Gasteiger partial charge in [0.25, 0.3) is 0 Å². The van der Waals surface area contributed by atoms with Crippen molar-refractivity contribution in [2.45, 2.75) is 25.4 Å². The molecule has 1 fully saturated rings. The van der Waals surface area contributed by atoms with E-state index in [-0.39, 0.29) is 0 Å². The number of ether oxygens (including phenoxy) is 2. The van der Waals surface area contributed by atoms with Gasteiger partial charge >= 0.3 is 0 Å². The third kappa shape index (κ3) is 3.76. The number of rotatable bonds is 6. The highest BCUT2D eigenvalue weighted by atomic mass is 16.5. The van der Waals surface area contributed by atoms with E-state index >= 15 is 0 Å². The summed E-state index contributed by atoms with van der Waals surface area (Å²) in [5.74, 6) is 0. The van der Waals surface area contributed by atoms with E-state index in [9.17, 15) is 0 Å². The second kappa shape index (κ2) is 6.68. The van der Waals surface area contributed by atoms with Crippen LogP contribution in [0.2, 0.25) is 0 Å². The molecule has 1 aliphatic heterocycles. The minimum Gasteiger partial charge on any atom is -0.383 e. The molecule has 0 unspecified atom stereocenters. The predicted molar refractivity (Wildman–Crippen MR) is 62.7 cm³/mol. The van der Waals surface area contributed by atoms with Crippen LogP contribution in [-0.2, 0) is 16.0 Å². The lowest BCUT2D eigenvalue weighted by Crippen LogP contribution is -2.20. The van der Waals surface area contributed by atoms with E-state index in [1.165, 1.54) is 0 Å². The molecule has 1 aromatic heterocycles. The van der Waals surface area contributed by atoms with Crippen LogP contribution < -0.4 is 5.32 Å². The average Bonchev–Trinajstić information content (AvgIpc) is 2.85. The third-order valence-electron chi connectivity index (χ3n) is 2.91. The number of methoxy groups -OCH3 is 1. The molecule has 0 aromatic carbocycles. The fourth-order valence-electron chi connectivity index (χ4n) is 1.91. The number of nitrogens with zero attached hydrogens (tertiary/aromatic N) is 3. The molecule has 6 heteroatoms. The summed E-state index contributed by atoms with van der Waals surface area (Å²) in [5.41, 5.74) is 0.979. The Morgan fingerprint density at radius 3 is 3.12 bits per heavy atom. The van der Waals surface area contributed by atoms with Gasteiger partial charge in [-0.25, -0.2) is 4.68 Å². The van der Waals surface area contributed by atoms with Crippen LogP contribution >= 0.6 is 0 Å². The van der Waals surface area contributed by atoms with E-state index in [2.05, 4.69) is 15.6 Å². The van der Waals surface area contributed by atoms with Crippen molar-refractivity contribution in [3.63, 3.8) is 0 Å². The molecule has 0 aliphatic carbocycles. The van der Waals surface area contributed by atoms with Crippen molar-refractivity contribution in [3.8, 4) is 0 Å². The van der Waals surface area contributed by atoms with Crippen molar-refractivity contribution in [2.24, 2.45) is 0 Å². The highest BCUT2D eigenvalue weighted by Gasteiger charge is 2.16. The van der Waals surface area contributed by atoms with Crippen LogP contribution in [0.4, 0.5) is 0 Å². The van der Waals surface area contributed by atoms with Gasteiger partial charge in [0.1, 0.15) is 0 Å². The zero-order valence-electron chi connectivity index (χ0n) is 10.3. The fourth-order valence-corrected chi connectivity index (χ4v) is 1.91. The average molecular weight is 240 g/mol. The molecule has 1 saturated heterocycles. The molecular weight excluding hydrogens is 220 g/mol. The quantitative estimate of drug-likeness (QED) is 0.728. The molecule has 1 aliphatic rings. The third-order valence-corrected chi connectivity index (χ3v) is 2.91. The molecule has 0 atom stereocenters. The first kappa shape index (κ1) is 12.5. The predicted octanol–water partition coefficient (Wildman–Crippen LogP) is 0.366. The number of aromatic nitrogens is 3. The molecule has 1 N–H and O–H groups in total. The van der Waals surface area contributed by atoms with E-state index in [1.807, 2.05) is 10.9 Å². The first-order chi connectivity index (χ1) is 8.40. The fraction of sp³-hybridized carbons (Fsp3) is 0.818. The van der Waals surface area contributed by atoms with Crippen LogP contribution in [0.1, 0.15) is 24.6 Å². The van der Waals surface area contributed by atoms with Crippen LogP contribution in [0, 0.1) is 0 Å². The largest absolute Gasteiger partial charge is 0.383 e. The van der Waals surface area contributed by atoms with Gasteiger partial charge in [0.05, 0.1) is 24.5 Å². The van der Waals surface area contributed by atoms with Crippen molar-refractivity contribution in [1.29, 1.82) is 0 Å². The normalized spacial score (nSPS) is 17.5. The van der Waals surface area contributed by atoms with Crippen LogP contribution in [0.25, 0.3) is 0 Å². The van der Waals surface area contributed by atoms with Gasteiger partial charge in [-0.2, -0.15) is 0 Å². The summed E-state index contributed by atoms with van der Waals surface area (Å²) >= 11 is 0.